The van der Waals surface area contributed by atoms with E-state index >= 15 is 0 Å². The van der Waals surface area contributed by atoms with Gasteiger partial charge in [0.05, 0.1) is 19.9 Å². The zero-order chi connectivity index (χ0) is 18.8. The van der Waals surface area contributed by atoms with Gasteiger partial charge in [0.2, 0.25) is 5.91 Å². The normalized spacial score (nSPS) is 10.8. The maximum Gasteiger partial charge on any atom is 0.259 e. The number of phenols is 1. The number of rotatable bonds is 7. The third-order valence-electron chi connectivity index (χ3n) is 3.29. The summed E-state index contributed by atoms with van der Waals surface area (Å²) in [7, 11) is 1.44. The molecule has 0 fully saturated rings. The van der Waals surface area contributed by atoms with Crippen LogP contribution in [0.3, 0.4) is 0 Å². The number of aromatic hydroxyl groups is 1. The fourth-order valence-corrected chi connectivity index (χ4v) is 1.98. The SMILES string of the molecule is COc1cccc(/C=N\NC(=O)CNC(=O)/C=C\c2ccccc2)c1O. The lowest BCUT2D eigenvalue weighted by molar-refractivity contribution is -0.123. The van der Waals surface area contributed by atoms with Gasteiger partial charge in [0.15, 0.2) is 11.5 Å². The van der Waals surface area contributed by atoms with E-state index in [0.717, 1.165) is 5.56 Å². The number of nitrogens with zero attached hydrogens (tertiary/aromatic N) is 1. The average molecular weight is 353 g/mol. The lowest BCUT2D eigenvalue weighted by Crippen LogP contribution is -2.34. The number of carbonyl (C=O) groups excluding carboxylic acids is 2. The van der Waals surface area contributed by atoms with Gasteiger partial charge in [0.25, 0.3) is 5.91 Å². The third-order valence-corrected chi connectivity index (χ3v) is 3.29. The second-order valence-electron chi connectivity index (χ2n) is 5.15. The molecule has 134 valence electrons. The van der Waals surface area contributed by atoms with Gasteiger partial charge in [0.1, 0.15) is 0 Å². The molecule has 0 saturated carbocycles. The first-order valence-electron chi connectivity index (χ1n) is 7.79. The zero-order valence-electron chi connectivity index (χ0n) is 14.2. The summed E-state index contributed by atoms with van der Waals surface area (Å²) in [6.07, 6.45) is 4.28. The number of ether oxygens (including phenoxy) is 1. The second-order valence-corrected chi connectivity index (χ2v) is 5.15. The van der Waals surface area contributed by atoms with Crippen LogP contribution in [-0.2, 0) is 9.59 Å². The molecule has 7 nitrogen and oxygen atoms in total. The van der Waals surface area contributed by atoms with Gasteiger partial charge in [-0.05, 0) is 23.8 Å². The van der Waals surface area contributed by atoms with E-state index in [1.54, 1.807) is 24.3 Å². The Bertz CT molecular complexity index is 817. The van der Waals surface area contributed by atoms with Crippen LogP contribution >= 0.6 is 0 Å². The number of amides is 2. The Balaban J connectivity index is 1.78. The highest BCUT2D eigenvalue weighted by molar-refractivity contribution is 5.94. The maximum atomic E-state index is 11.7. The quantitative estimate of drug-likeness (QED) is 0.400. The molecule has 0 aliphatic carbocycles. The standard InChI is InChI=1S/C19H19N3O4/c1-26-16-9-5-8-15(19(16)25)12-21-22-18(24)13-20-17(23)11-10-14-6-3-2-4-7-14/h2-12,25H,13H2,1H3,(H,20,23)(H,22,24)/b11-10-,21-12-. The van der Waals surface area contributed by atoms with E-state index in [4.69, 9.17) is 4.74 Å². The van der Waals surface area contributed by atoms with Crippen molar-refractivity contribution < 1.29 is 19.4 Å². The number of nitrogens with one attached hydrogen (secondary N) is 2. The van der Waals surface area contributed by atoms with Crippen LogP contribution in [0.4, 0.5) is 0 Å². The molecule has 0 aromatic heterocycles. The van der Waals surface area contributed by atoms with Crippen molar-refractivity contribution in [1.82, 2.24) is 10.7 Å². The Hall–Kier alpha value is -3.61. The molecule has 7 heteroatoms. The van der Waals surface area contributed by atoms with Crippen molar-refractivity contribution in [2.45, 2.75) is 0 Å². The van der Waals surface area contributed by atoms with E-state index in [2.05, 4.69) is 15.8 Å². The molecule has 0 radical (unpaired) electrons. The molecule has 2 amide bonds. The van der Waals surface area contributed by atoms with Gasteiger partial charge in [-0.15, -0.1) is 0 Å². The van der Waals surface area contributed by atoms with E-state index in [9.17, 15) is 14.7 Å². The van der Waals surface area contributed by atoms with E-state index in [0.29, 0.717) is 11.3 Å². The first kappa shape index (κ1) is 18.7. The van der Waals surface area contributed by atoms with E-state index in [-0.39, 0.29) is 12.3 Å². The van der Waals surface area contributed by atoms with Crippen LogP contribution in [0.15, 0.2) is 59.7 Å². The van der Waals surface area contributed by atoms with Crippen LogP contribution in [0, 0.1) is 0 Å². The monoisotopic (exact) mass is 353 g/mol. The number of hydrogen-bond acceptors (Lipinski definition) is 5. The smallest absolute Gasteiger partial charge is 0.259 e. The summed E-state index contributed by atoms with van der Waals surface area (Å²) in [6.45, 7) is -0.223. The van der Waals surface area contributed by atoms with Crippen molar-refractivity contribution in [2.75, 3.05) is 13.7 Å². The molecule has 0 heterocycles. The minimum Gasteiger partial charge on any atom is -0.504 e. The van der Waals surface area contributed by atoms with Crippen molar-refractivity contribution in [3.05, 3.63) is 65.7 Å². The lowest BCUT2D eigenvalue weighted by Gasteiger charge is -2.05. The van der Waals surface area contributed by atoms with Crippen molar-refractivity contribution in [2.24, 2.45) is 5.10 Å². The van der Waals surface area contributed by atoms with Crippen molar-refractivity contribution in [1.29, 1.82) is 0 Å². The first-order chi connectivity index (χ1) is 12.6. The summed E-state index contributed by atoms with van der Waals surface area (Å²) >= 11 is 0. The van der Waals surface area contributed by atoms with Gasteiger partial charge in [0, 0.05) is 11.6 Å². The first-order valence-corrected chi connectivity index (χ1v) is 7.79. The van der Waals surface area contributed by atoms with Crippen LogP contribution in [0.2, 0.25) is 0 Å². The summed E-state index contributed by atoms with van der Waals surface area (Å²) in [5, 5.41) is 16.1. The third kappa shape index (κ3) is 5.79. The average Bonchev–Trinajstić information content (AvgIpc) is 2.67. The highest BCUT2D eigenvalue weighted by Gasteiger charge is 2.05. The minimum absolute atomic E-state index is 0.0765. The fourth-order valence-electron chi connectivity index (χ4n) is 1.98. The van der Waals surface area contributed by atoms with E-state index in [1.165, 1.54) is 19.4 Å². The van der Waals surface area contributed by atoms with Crippen molar-refractivity contribution in [3.63, 3.8) is 0 Å². The van der Waals surface area contributed by atoms with Crippen LogP contribution in [-0.4, -0.2) is 36.8 Å². The molecule has 0 aliphatic heterocycles. The van der Waals surface area contributed by atoms with Crippen molar-refractivity contribution >= 4 is 24.1 Å². The topological polar surface area (TPSA) is 100 Å². The Labute approximate surface area is 151 Å². The number of phenolic OH excluding ortho intramolecular Hbond substituents is 1. The Morgan fingerprint density at radius 3 is 2.65 bits per heavy atom. The highest BCUT2D eigenvalue weighted by Crippen LogP contribution is 2.27. The van der Waals surface area contributed by atoms with Crippen molar-refractivity contribution in [3.8, 4) is 11.5 Å². The number of methoxy groups -OCH3 is 1. The number of benzene rings is 2. The molecule has 2 aromatic rings. The maximum absolute atomic E-state index is 11.7. The van der Waals surface area contributed by atoms with Gasteiger partial charge in [-0.3, -0.25) is 9.59 Å². The van der Waals surface area contributed by atoms with Crippen LogP contribution < -0.4 is 15.5 Å². The molecule has 2 rings (SSSR count). The molecule has 0 bridgehead atoms. The molecule has 0 saturated heterocycles. The van der Waals surface area contributed by atoms with Crippen LogP contribution in [0.5, 0.6) is 11.5 Å². The van der Waals surface area contributed by atoms with Gasteiger partial charge >= 0.3 is 0 Å². The summed E-state index contributed by atoms with van der Waals surface area (Å²) in [5.74, 6) is -0.659. The van der Waals surface area contributed by atoms with Gasteiger partial charge in [-0.2, -0.15) is 5.10 Å². The predicted molar refractivity (Wildman–Crippen MR) is 98.9 cm³/mol. The van der Waals surface area contributed by atoms with Crippen LogP contribution in [0.25, 0.3) is 6.08 Å². The van der Waals surface area contributed by atoms with Gasteiger partial charge in [-0.1, -0.05) is 36.4 Å². The molecule has 0 spiro atoms. The van der Waals surface area contributed by atoms with E-state index < -0.39 is 11.8 Å². The fraction of sp³-hybridized carbons (Fsp3) is 0.105. The highest BCUT2D eigenvalue weighted by atomic mass is 16.5. The molecular formula is C19H19N3O4. The Kier molecular flexibility index (Phi) is 6.93. The summed E-state index contributed by atoms with van der Waals surface area (Å²) in [6, 6.07) is 14.2. The molecular weight excluding hydrogens is 334 g/mol. The molecule has 3 N–H and O–H groups in total. The lowest BCUT2D eigenvalue weighted by atomic mass is 10.2. The minimum atomic E-state index is -0.495. The predicted octanol–water partition coefficient (Wildman–Crippen LogP) is 1.68. The number of para-hydroxylation sites is 1. The number of carbonyl (C=O) groups is 2. The molecule has 2 aromatic carbocycles. The largest absolute Gasteiger partial charge is 0.504 e. The Morgan fingerprint density at radius 1 is 1.15 bits per heavy atom. The molecule has 0 atom stereocenters. The molecule has 0 unspecified atom stereocenters. The van der Waals surface area contributed by atoms with Crippen LogP contribution in [0.1, 0.15) is 11.1 Å². The summed E-state index contributed by atoms with van der Waals surface area (Å²) in [4.78, 5) is 23.3. The summed E-state index contributed by atoms with van der Waals surface area (Å²) < 4.78 is 4.98. The van der Waals surface area contributed by atoms with Gasteiger partial charge in [-0.25, -0.2) is 5.43 Å². The number of hydrazone groups is 1. The second kappa shape index (κ2) is 9.63. The van der Waals surface area contributed by atoms with Gasteiger partial charge < -0.3 is 15.2 Å². The molecule has 0 aliphatic rings. The van der Waals surface area contributed by atoms with E-state index in [1.807, 2.05) is 30.3 Å². The molecule has 26 heavy (non-hydrogen) atoms. The zero-order valence-corrected chi connectivity index (χ0v) is 14.2. The summed E-state index contributed by atoms with van der Waals surface area (Å²) in [5.41, 5.74) is 3.54. The Morgan fingerprint density at radius 2 is 1.92 bits per heavy atom. The number of hydrogen-bond donors (Lipinski definition) is 3.